The summed E-state index contributed by atoms with van der Waals surface area (Å²) in [4.78, 5) is 0. The highest BCUT2D eigenvalue weighted by Crippen LogP contribution is 2.26. The van der Waals surface area contributed by atoms with Gasteiger partial charge in [0, 0.05) is 6.04 Å². The van der Waals surface area contributed by atoms with E-state index in [1.165, 1.54) is 50.8 Å². The fraction of sp³-hybridized carbons (Fsp3) is 1.00. The summed E-state index contributed by atoms with van der Waals surface area (Å²) in [5, 5.41) is 3.67. The van der Waals surface area contributed by atoms with Gasteiger partial charge in [0.05, 0.1) is 0 Å². The first-order valence-corrected chi connectivity index (χ1v) is 7.46. The molecule has 1 nitrogen and oxygen atoms in total. The van der Waals surface area contributed by atoms with Gasteiger partial charge < -0.3 is 5.32 Å². The zero-order chi connectivity index (χ0) is 10.2. The number of rotatable bonds is 6. The van der Waals surface area contributed by atoms with Gasteiger partial charge in [0.2, 0.25) is 0 Å². The third-order valence-electron chi connectivity index (χ3n) is 3.35. The molecule has 0 bridgehead atoms. The van der Waals surface area contributed by atoms with Gasteiger partial charge in [-0.15, -0.1) is 0 Å². The lowest BCUT2D eigenvalue weighted by Crippen LogP contribution is -2.35. The van der Waals surface area contributed by atoms with Crippen LogP contribution < -0.4 is 5.32 Å². The summed E-state index contributed by atoms with van der Waals surface area (Å²) in [6, 6.07) is 0.747. The second kappa shape index (κ2) is 7.58. The largest absolute Gasteiger partial charge is 0.314 e. The molecule has 0 aliphatic heterocycles. The van der Waals surface area contributed by atoms with Gasteiger partial charge in [-0.25, -0.2) is 0 Å². The molecule has 1 aliphatic carbocycles. The van der Waals surface area contributed by atoms with E-state index < -0.39 is 0 Å². The van der Waals surface area contributed by atoms with E-state index in [2.05, 4.69) is 18.5 Å². The Hall–Kier alpha value is 0.310. The van der Waals surface area contributed by atoms with Crippen molar-refractivity contribution < 1.29 is 0 Å². The summed E-state index contributed by atoms with van der Waals surface area (Å²) >= 11 is 1.95. The van der Waals surface area contributed by atoms with Gasteiger partial charge in [-0.3, -0.25) is 0 Å². The number of nitrogens with one attached hydrogen (secondary N) is 1. The van der Waals surface area contributed by atoms with E-state index >= 15 is 0 Å². The molecule has 2 heteroatoms. The standard InChI is InChI=1S/C12H25NS/c1-11(13-9-6-10-14-2)12-7-4-3-5-8-12/h11-13H,3-10H2,1-2H3/t11-/m1/s1. The average Bonchev–Trinajstić information content (AvgIpc) is 2.25. The maximum atomic E-state index is 3.67. The molecular weight excluding hydrogens is 190 g/mol. The molecule has 1 rings (SSSR count). The molecule has 14 heavy (non-hydrogen) atoms. The van der Waals surface area contributed by atoms with Crippen molar-refractivity contribution >= 4 is 11.8 Å². The Morgan fingerprint density at radius 1 is 1.29 bits per heavy atom. The van der Waals surface area contributed by atoms with Crippen LogP contribution in [-0.4, -0.2) is 24.6 Å². The number of hydrogen-bond donors (Lipinski definition) is 1. The van der Waals surface area contributed by atoms with Gasteiger partial charge in [0.25, 0.3) is 0 Å². The van der Waals surface area contributed by atoms with Gasteiger partial charge in [-0.05, 0) is 50.7 Å². The minimum atomic E-state index is 0.747. The molecule has 1 atom stereocenters. The van der Waals surface area contributed by atoms with Gasteiger partial charge in [0.15, 0.2) is 0 Å². The van der Waals surface area contributed by atoms with Crippen molar-refractivity contribution in [2.75, 3.05) is 18.6 Å². The van der Waals surface area contributed by atoms with E-state index in [0.717, 1.165) is 12.0 Å². The van der Waals surface area contributed by atoms with Crippen LogP contribution in [0.1, 0.15) is 45.4 Å². The van der Waals surface area contributed by atoms with Gasteiger partial charge >= 0.3 is 0 Å². The van der Waals surface area contributed by atoms with Crippen molar-refractivity contribution in [3.05, 3.63) is 0 Å². The molecule has 84 valence electrons. The third kappa shape index (κ3) is 4.70. The Kier molecular flexibility index (Phi) is 6.70. The minimum Gasteiger partial charge on any atom is -0.314 e. The van der Waals surface area contributed by atoms with Crippen LogP contribution in [0.4, 0.5) is 0 Å². The summed E-state index contributed by atoms with van der Waals surface area (Å²) < 4.78 is 0. The van der Waals surface area contributed by atoms with Gasteiger partial charge in [-0.1, -0.05) is 19.3 Å². The molecular formula is C12H25NS. The third-order valence-corrected chi connectivity index (χ3v) is 4.05. The second-order valence-corrected chi connectivity index (χ2v) is 5.47. The van der Waals surface area contributed by atoms with E-state index in [1.54, 1.807) is 0 Å². The summed E-state index contributed by atoms with van der Waals surface area (Å²) in [5.74, 6) is 2.25. The quantitative estimate of drug-likeness (QED) is 0.682. The lowest BCUT2D eigenvalue weighted by Gasteiger charge is -2.28. The van der Waals surface area contributed by atoms with Crippen LogP contribution in [0.25, 0.3) is 0 Å². The van der Waals surface area contributed by atoms with Crippen molar-refractivity contribution in [3.8, 4) is 0 Å². The zero-order valence-electron chi connectivity index (χ0n) is 9.72. The molecule has 0 spiro atoms. The zero-order valence-corrected chi connectivity index (χ0v) is 10.5. The monoisotopic (exact) mass is 215 g/mol. The molecule has 0 aromatic heterocycles. The first kappa shape index (κ1) is 12.4. The van der Waals surface area contributed by atoms with Crippen LogP contribution in [0.3, 0.4) is 0 Å². The van der Waals surface area contributed by atoms with Crippen LogP contribution >= 0.6 is 11.8 Å². The molecule has 0 heterocycles. The topological polar surface area (TPSA) is 12.0 Å². The highest BCUT2D eigenvalue weighted by atomic mass is 32.2. The van der Waals surface area contributed by atoms with Gasteiger partial charge in [0.1, 0.15) is 0 Å². The maximum Gasteiger partial charge on any atom is 0.00670 e. The van der Waals surface area contributed by atoms with E-state index in [0.29, 0.717) is 0 Å². The highest BCUT2D eigenvalue weighted by molar-refractivity contribution is 7.98. The predicted octanol–water partition coefficient (Wildman–Crippen LogP) is 3.30. The average molecular weight is 215 g/mol. The molecule has 0 amide bonds. The number of thioether (sulfide) groups is 1. The van der Waals surface area contributed by atoms with E-state index in [1.807, 2.05) is 11.8 Å². The van der Waals surface area contributed by atoms with Crippen LogP contribution in [0, 0.1) is 5.92 Å². The molecule has 1 saturated carbocycles. The predicted molar refractivity (Wildman–Crippen MR) is 67.0 cm³/mol. The molecule has 0 saturated heterocycles. The normalized spacial score (nSPS) is 21.0. The fourth-order valence-corrected chi connectivity index (χ4v) is 2.78. The van der Waals surface area contributed by atoms with E-state index in [-0.39, 0.29) is 0 Å². The molecule has 1 N–H and O–H groups in total. The van der Waals surface area contributed by atoms with Crippen LogP contribution in [0.2, 0.25) is 0 Å². The van der Waals surface area contributed by atoms with Crippen molar-refractivity contribution in [2.24, 2.45) is 5.92 Å². The second-order valence-electron chi connectivity index (χ2n) is 4.49. The fourth-order valence-electron chi connectivity index (χ4n) is 2.35. The van der Waals surface area contributed by atoms with Crippen LogP contribution in [-0.2, 0) is 0 Å². The minimum absolute atomic E-state index is 0.747. The van der Waals surface area contributed by atoms with Crippen LogP contribution in [0.15, 0.2) is 0 Å². The Bertz CT molecular complexity index is 132. The Labute approximate surface area is 93.4 Å². The van der Waals surface area contributed by atoms with Crippen molar-refractivity contribution in [2.45, 2.75) is 51.5 Å². The maximum absolute atomic E-state index is 3.67. The van der Waals surface area contributed by atoms with Gasteiger partial charge in [-0.2, -0.15) is 11.8 Å². The smallest absolute Gasteiger partial charge is 0.00670 e. The molecule has 0 aromatic rings. The Balaban J connectivity index is 2.04. The van der Waals surface area contributed by atoms with Crippen molar-refractivity contribution in [1.29, 1.82) is 0 Å². The summed E-state index contributed by atoms with van der Waals surface area (Å²) in [6.45, 7) is 3.58. The molecule has 1 fully saturated rings. The summed E-state index contributed by atoms with van der Waals surface area (Å²) in [6.07, 6.45) is 10.8. The Morgan fingerprint density at radius 2 is 2.00 bits per heavy atom. The van der Waals surface area contributed by atoms with E-state index in [9.17, 15) is 0 Å². The molecule has 1 aliphatic rings. The van der Waals surface area contributed by atoms with E-state index in [4.69, 9.17) is 0 Å². The SMILES string of the molecule is CSCCCN[C@H](C)C1CCCCC1. The lowest BCUT2D eigenvalue weighted by molar-refractivity contribution is 0.282. The lowest BCUT2D eigenvalue weighted by atomic mass is 9.84. The molecule has 0 aromatic carbocycles. The summed E-state index contributed by atoms with van der Waals surface area (Å²) in [5.41, 5.74) is 0. The van der Waals surface area contributed by atoms with Crippen molar-refractivity contribution in [3.63, 3.8) is 0 Å². The number of hydrogen-bond acceptors (Lipinski definition) is 2. The first-order chi connectivity index (χ1) is 6.84. The first-order valence-electron chi connectivity index (χ1n) is 6.07. The van der Waals surface area contributed by atoms with Crippen LogP contribution in [0.5, 0.6) is 0 Å². The highest BCUT2D eigenvalue weighted by Gasteiger charge is 2.18. The summed E-state index contributed by atoms with van der Waals surface area (Å²) in [7, 11) is 0. The Morgan fingerprint density at radius 3 is 2.64 bits per heavy atom. The molecule has 0 unspecified atom stereocenters. The van der Waals surface area contributed by atoms with Crippen molar-refractivity contribution in [1.82, 2.24) is 5.32 Å². The molecule has 0 radical (unpaired) electrons.